The van der Waals surface area contributed by atoms with Gasteiger partial charge in [0.2, 0.25) is 5.75 Å². The maximum Gasteiger partial charge on any atom is 0.308 e. The Morgan fingerprint density at radius 1 is 0.880 bits per heavy atom. The minimum Gasteiger partial charge on any atom is -0.423 e. The second kappa shape index (κ2) is 8.81. The lowest BCUT2D eigenvalue weighted by Crippen LogP contribution is -2.27. The molecule has 25 heavy (non-hydrogen) atoms. The van der Waals surface area contributed by atoms with Crippen LogP contribution in [0.15, 0.2) is 12.1 Å². The lowest BCUT2D eigenvalue weighted by atomic mass is 10.1. The first kappa shape index (κ1) is 20.1. The number of carbonyl (C=O) groups is 4. The summed E-state index contributed by atoms with van der Waals surface area (Å²) in [4.78, 5) is 46.2. The molecular weight excluding hydrogens is 330 g/mol. The van der Waals surface area contributed by atoms with Crippen molar-refractivity contribution in [2.45, 2.75) is 34.6 Å². The van der Waals surface area contributed by atoms with Gasteiger partial charge in [-0.2, -0.15) is 0 Å². The molecular formula is C17H21NO7. The Morgan fingerprint density at radius 2 is 1.32 bits per heavy atom. The molecule has 0 saturated carbocycles. The molecule has 0 saturated heterocycles. The molecule has 1 N–H and O–H groups in total. The third-order valence-electron chi connectivity index (χ3n) is 2.71. The van der Waals surface area contributed by atoms with E-state index < -0.39 is 23.8 Å². The molecule has 0 heterocycles. The van der Waals surface area contributed by atoms with Gasteiger partial charge in [0.15, 0.2) is 11.5 Å². The van der Waals surface area contributed by atoms with Gasteiger partial charge in [-0.1, -0.05) is 13.8 Å². The van der Waals surface area contributed by atoms with Crippen molar-refractivity contribution in [2.75, 3.05) is 6.54 Å². The van der Waals surface area contributed by atoms with E-state index in [1.54, 1.807) is 0 Å². The van der Waals surface area contributed by atoms with E-state index in [4.69, 9.17) is 14.2 Å². The Hall–Kier alpha value is -2.90. The molecule has 0 aliphatic rings. The summed E-state index contributed by atoms with van der Waals surface area (Å²) < 4.78 is 15.0. The lowest BCUT2D eigenvalue weighted by molar-refractivity contribution is -0.135. The SMILES string of the molecule is CC(=O)Oc1cc(C(=O)NCC(C)C)cc(OC(C)=O)c1OC(C)=O. The van der Waals surface area contributed by atoms with Gasteiger partial charge in [0, 0.05) is 32.9 Å². The lowest BCUT2D eigenvalue weighted by Gasteiger charge is -2.15. The number of esters is 3. The standard InChI is InChI=1S/C17H21NO7/c1-9(2)8-18-17(22)13-6-14(23-10(3)19)16(25-12(5)21)15(7-13)24-11(4)20/h6-7,9H,8H2,1-5H3,(H,18,22). The normalized spacial score (nSPS) is 10.2. The van der Waals surface area contributed by atoms with Crippen LogP contribution >= 0.6 is 0 Å². The van der Waals surface area contributed by atoms with Crippen molar-refractivity contribution in [1.82, 2.24) is 5.32 Å². The predicted molar refractivity (Wildman–Crippen MR) is 87.5 cm³/mol. The molecule has 8 nitrogen and oxygen atoms in total. The van der Waals surface area contributed by atoms with E-state index in [1.807, 2.05) is 13.8 Å². The Balaban J connectivity index is 3.39. The van der Waals surface area contributed by atoms with Gasteiger partial charge in [0.1, 0.15) is 0 Å². The van der Waals surface area contributed by atoms with Crippen molar-refractivity contribution in [3.63, 3.8) is 0 Å². The van der Waals surface area contributed by atoms with Crippen LogP contribution in [0.25, 0.3) is 0 Å². The molecule has 0 atom stereocenters. The third kappa shape index (κ3) is 6.62. The minimum atomic E-state index is -0.709. The molecule has 0 fully saturated rings. The monoisotopic (exact) mass is 351 g/mol. The van der Waals surface area contributed by atoms with Crippen LogP contribution in [-0.2, 0) is 14.4 Å². The van der Waals surface area contributed by atoms with Gasteiger partial charge in [-0.15, -0.1) is 0 Å². The van der Waals surface area contributed by atoms with Crippen molar-refractivity contribution in [3.8, 4) is 17.2 Å². The zero-order valence-corrected chi connectivity index (χ0v) is 14.8. The summed E-state index contributed by atoms with van der Waals surface area (Å²) in [7, 11) is 0. The highest BCUT2D eigenvalue weighted by Gasteiger charge is 2.22. The largest absolute Gasteiger partial charge is 0.423 e. The van der Waals surface area contributed by atoms with Crippen LogP contribution in [0.4, 0.5) is 0 Å². The second-order valence-electron chi connectivity index (χ2n) is 5.69. The first-order chi connectivity index (χ1) is 11.6. The van der Waals surface area contributed by atoms with Gasteiger partial charge in [-0.3, -0.25) is 19.2 Å². The average Bonchev–Trinajstić information content (AvgIpc) is 2.46. The Morgan fingerprint density at radius 3 is 1.68 bits per heavy atom. The van der Waals surface area contributed by atoms with Gasteiger partial charge in [0.25, 0.3) is 5.91 Å². The third-order valence-corrected chi connectivity index (χ3v) is 2.71. The van der Waals surface area contributed by atoms with Crippen LogP contribution in [0.1, 0.15) is 45.0 Å². The Bertz CT molecular complexity index is 657. The van der Waals surface area contributed by atoms with E-state index in [1.165, 1.54) is 12.1 Å². The zero-order chi connectivity index (χ0) is 19.1. The number of rotatable bonds is 6. The molecule has 0 aliphatic heterocycles. The number of nitrogens with one attached hydrogen (secondary N) is 1. The van der Waals surface area contributed by atoms with Crippen LogP contribution in [0.5, 0.6) is 17.2 Å². The number of hydrogen-bond donors (Lipinski definition) is 1. The Kier molecular flexibility index (Phi) is 7.10. The summed E-state index contributed by atoms with van der Waals surface area (Å²) in [5, 5.41) is 2.69. The summed E-state index contributed by atoms with van der Waals surface area (Å²) in [6.07, 6.45) is 0. The fourth-order valence-electron chi connectivity index (χ4n) is 1.81. The smallest absolute Gasteiger partial charge is 0.308 e. The molecule has 8 heteroatoms. The van der Waals surface area contributed by atoms with Gasteiger partial charge >= 0.3 is 17.9 Å². The molecule has 1 rings (SSSR count). The number of amides is 1. The van der Waals surface area contributed by atoms with Crippen LogP contribution in [0.3, 0.4) is 0 Å². The van der Waals surface area contributed by atoms with E-state index in [-0.39, 0.29) is 28.7 Å². The maximum atomic E-state index is 12.3. The summed E-state index contributed by atoms with van der Waals surface area (Å²) >= 11 is 0. The summed E-state index contributed by atoms with van der Waals surface area (Å²) in [6, 6.07) is 2.48. The van der Waals surface area contributed by atoms with Crippen molar-refractivity contribution >= 4 is 23.8 Å². The minimum absolute atomic E-state index is 0.0871. The predicted octanol–water partition coefficient (Wildman–Crippen LogP) is 1.85. The van der Waals surface area contributed by atoms with E-state index in [2.05, 4.69) is 5.32 Å². The fourth-order valence-corrected chi connectivity index (χ4v) is 1.81. The van der Waals surface area contributed by atoms with Crippen molar-refractivity contribution in [2.24, 2.45) is 5.92 Å². The first-order valence-corrected chi connectivity index (χ1v) is 7.61. The fraction of sp³-hybridized carbons (Fsp3) is 0.412. The van der Waals surface area contributed by atoms with Crippen LogP contribution in [-0.4, -0.2) is 30.4 Å². The van der Waals surface area contributed by atoms with E-state index in [0.29, 0.717) is 6.54 Å². The summed E-state index contributed by atoms with van der Waals surface area (Å²) in [5.41, 5.74) is 0.0871. The van der Waals surface area contributed by atoms with E-state index in [0.717, 1.165) is 20.8 Å². The van der Waals surface area contributed by atoms with Gasteiger partial charge < -0.3 is 19.5 Å². The van der Waals surface area contributed by atoms with Gasteiger partial charge in [-0.25, -0.2) is 0 Å². The number of benzene rings is 1. The molecule has 1 aromatic rings. The molecule has 1 aromatic carbocycles. The molecule has 0 bridgehead atoms. The van der Waals surface area contributed by atoms with Crippen LogP contribution < -0.4 is 19.5 Å². The highest BCUT2D eigenvalue weighted by molar-refractivity contribution is 5.96. The van der Waals surface area contributed by atoms with Crippen LogP contribution in [0, 0.1) is 5.92 Å². The first-order valence-electron chi connectivity index (χ1n) is 7.61. The van der Waals surface area contributed by atoms with Gasteiger partial charge in [-0.05, 0) is 18.1 Å². The van der Waals surface area contributed by atoms with E-state index in [9.17, 15) is 19.2 Å². The zero-order valence-electron chi connectivity index (χ0n) is 14.8. The molecule has 0 aromatic heterocycles. The molecule has 0 unspecified atom stereocenters. The summed E-state index contributed by atoms with van der Waals surface area (Å²) in [5.74, 6) is -2.97. The number of ether oxygens (including phenoxy) is 3. The average molecular weight is 351 g/mol. The molecule has 136 valence electrons. The summed E-state index contributed by atoms with van der Waals surface area (Å²) in [6.45, 7) is 7.72. The van der Waals surface area contributed by atoms with Crippen molar-refractivity contribution < 1.29 is 33.4 Å². The van der Waals surface area contributed by atoms with Crippen molar-refractivity contribution in [3.05, 3.63) is 17.7 Å². The highest BCUT2D eigenvalue weighted by atomic mass is 16.6. The quantitative estimate of drug-likeness (QED) is 0.615. The van der Waals surface area contributed by atoms with E-state index >= 15 is 0 Å². The van der Waals surface area contributed by atoms with Crippen LogP contribution in [0.2, 0.25) is 0 Å². The topological polar surface area (TPSA) is 108 Å². The van der Waals surface area contributed by atoms with Crippen molar-refractivity contribution in [1.29, 1.82) is 0 Å². The second-order valence-corrected chi connectivity index (χ2v) is 5.69. The highest BCUT2D eigenvalue weighted by Crippen LogP contribution is 2.39. The van der Waals surface area contributed by atoms with Gasteiger partial charge in [0.05, 0.1) is 0 Å². The Labute approximate surface area is 145 Å². The number of carbonyl (C=O) groups excluding carboxylic acids is 4. The molecule has 0 radical (unpaired) electrons. The molecule has 1 amide bonds. The molecule has 0 aliphatic carbocycles. The maximum absolute atomic E-state index is 12.3. The molecule has 0 spiro atoms. The number of hydrogen-bond acceptors (Lipinski definition) is 7.